The quantitative estimate of drug-likeness (QED) is 0.784. The first kappa shape index (κ1) is 19.2. The number of para-hydroxylation sites is 1. The van der Waals surface area contributed by atoms with E-state index in [0.29, 0.717) is 30.0 Å². The average Bonchev–Trinajstić information content (AvgIpc) is 3.07. The van der Waals surface area contributed by atoms with E-state index in [1.54, 1.807) is 29.2 Å². The Morgan fingerprint density at radius 1 is 1.16 bits per heavy atom. The second kappa shape index (κ2) is 7.85. The lowest BCUT2D eigenvalue weighted by atomic mass is 10.1. The highest BCUT2D eigenvalue weighted by molar-refractivity contribution is 7.88. The second-order valence-corrected chi connectivity index (χ2v) is 7.49. The van der Waals surface area contributed by atoms with Crippen molar-refractivity contribution in [2.45, 2.75) is 5.75 Å². The summed E-state index contributed by atoms with van der Waals surface area (Å²) in [6, 6.07) is 8.38. The number of halogens is 1. The molecule has 0 aliphatic carbocycles. The number of sulfonamides is 1. The lowest BCUT2D eigenvalue weighted by molar-refractivity contribution is 0.0699. The number of hydrogen-bond donors (Lipinski definition) is 1. The first-order valence-corrected chi connectivity index (χ1v) is 9.09. The molecule has 1 aliphatic heterocycles. The maximum absolute atomic E-state index is 12.5. The van der Waals surface area contributed by atoms with Crippen LogP contribution in [0.2, 0.25) is 0 Å². The van der Waals surface area contributed by atoms with Gasteiger partial charge < -0.3 is 15.2 Å². The zero-order valence-electron chi connectivity index (χ0n) is 13.4. The van der Waals surface area contributed by atoms with E-state index in [4.69, 9.17) is 5.73 Å². The van der Waals surface area contributed by atoms with Gasteiger partial charge in [-0.25, -0.2) is 8.42 Å². The summed E-state index contributed by atoms with van der Waals surface area (Å²) < 4.78 is 30.8. The van der Waals surface area contributed by atoms with Crippen LogP contribution in [-0.2, 0) is 15.8 Å². The minimum atomic E-state index is -3.48. The molecule has 0 saturated carbocycles. The van der Waals surface area contributed by atoms with E-state index in [-0.39, 0.29) is 37.2 Å². The van der Waals surface area contributed by atoms with Crippen molar-refractivity contribution in [3.05, 3.63) is 47.9 Å². The Labute approximate surface area is 152 Å². The number of anilines is 1. The maximum Gasteiger partial charge on any atom is 0.256 e. The van der Waals surface area contributed by atoms with E-state index in [1.165, 1.54) is 16.6 Å². The Kier molecular flexibility index (Phi) is 6.04. The fraction of sp³-hybridized carbons (Fsp3) is 0.333. The van der Waals surface area contributed by atoms with Crippen molar-refractivity contribution in [3.8, 4) is 0 Å². The number of benzene rings is 1. The van der Waals surface area contributed by atoms with Gasteiger partial charge in [0, 0.05) is 37.9 Å². The van der Waals surface area contributed by atoms with Crippen LogP contribution in [0.15, 0.2) is 41.1 Å². The van der Waals surface area contributed by atoms with Crippen LogP contribution in [0.1, 0.15) is 16.1 Å². The predicted octanol–water partition coefficient (Wildman–Crippen LogP) is 0.966. The first-order chi connectivity index (χ1) is 11.5. The molecule has 1 aromatic carbocycles. The number of nitrogens with two attached hydrogens (primary N) is 1. The van der Waals surface area contributed by atoms with Crippen molar-refractivity contribution in [2.75, 3.05) is 31.9 Å². The van der Waals surface area contributed by atoms with Crippen LogP contribution in [0.5, 0.6) is 0 Å². The molecule has 8 nitrogen and oxygen atoms in total. The van der Waals surface area contributed by atoms with Gasteiger partial charge in [-0.05, 0) is 12.1 Å². The van der Waals surface area contributed by atoms with E-state index in [9.17, 15) is 13.2 Å². The Balaban J connectivity index is 0.00000225. The summed E-state index contributed by atoms with van der Waals surface area (Å²) in [6.07, 6.45) is 1.34. The molecule has 1 aromatic heterocycles. The number of nitrogens with zero attached hydrogens (tertiary/aromatic N) is 3. The van der Waals surface area contributed by atoms with Crippen molar-refractivity contribution < 1.29 is 17.7 Å². The molecule has 1 fully saturated rings. The van der Waals surface area contributed by atoms with Crippen LogP contribution in [0.25, 0.3) is 0 Å². The summed E-state index contributed by atoms with van der Waals surface area (Å²) in [6.45, 7) is 1.15. The van der Waals surface area contributed by atoms with Gasteiger partial charge in [-0.3, -0.25) is 4.79 Å². The molecule has 0 bridgehead atoms. The number of hydrogen-bond acceptors (Lipinski definition) is 6. The van der Waals surface area contributed by atoms with Gasteiger partial charge in [-0.15, -0.1) is 12.4 Å². The summed E-state index contributed by atoms with van der Waals surface area (Å²) in [7, 11) is -3.48. The molecule has 0 atom stereocenters. The Morgan fingerprint density at radius 2 is 1.84 bits per heavy atom. The highest BCUT2D eigenvalue weighted by atomic mass is 35.5. The SMILES string of the molecule is Cl.Nc1ccccc1C(=O)N1CCN(S(=O)(=O)Cc2ccon2)CC1. The third kappa shape index (κ3) is 4.30. The van der Waals surface area contributed by atoms with Gasteiger partial charge in [0.2, 0.25) is 10.0 Å². The van der Waals surface area contributed by atoms with Crippen LogP contribution >= 0.6 is 12.4 Å². The number of aromatic nitrogens is 1. The third-order valence-electron chi connectivity index (χ3n) is 3.93. The Hall–Kier alpha value is -2.10. The smallest absolute Gasteiger partial charge is 0.256 e. The summed E-state index contributed by atoms with van der Waals surface area (Å²) in [5.41, 5.74) is 7.06. The average molecular weight is 387 g/mol. The number of rotatable bonds is 4. The molecule has 2 N–H and O–H groups in total. The molecule has 0 radical (unpaired) electrons. The van der Waals surface area contributed by atoms with Crippen molar-refractivity contribution >= 4 is 34.0 Å². The van der Waals surface area contributed by atoms with E-state index >= 15 is 0 Å². The number of piperazine rings is 1. The Morgan fingerprint density at radius 3 is 2.44 bits per heavy atom. The largest absolute Gasteiger partial charge is 0.398 e. The molecule has 1 saturated heterocycles. The summed E-state index contributed by atoms with van der Waals surface area (Å²) >= 11 is 0. The lowest BCUT2D eigenvalue weighted by Gasteiger charge is -2.34. The molecular weight excluding hydrogens is 368 g/mol. The monoisotopic (exact) mass is 386 g/mol. The van der Waals surface area contributed by atoms with E-state index in [0.717, 1.165) is 0 Å². The van der Waals surface area contributed by atoms with E-state index < -0.39 is 10.0 Å². The number of carbonyl (C=O) groups is 1. The molecular formula is C15H19ClN4O4S. The fourth-order valence-electron chi connectivity index (χ4n) is 2.62. The molecule has 10 heteroatoms. The van der Waals surface area contributed by atoms with Gasteiger partial charge >= 0.3 is 0 Å². The second-order valence-electron chi connectivity index (χ2n) is 5.53. The van der Waals surface area contributed by atoms with Gasteiger partial charge in [0.25, 0.3) is 5.91 Å². The number of amides is 1. The third-order valence-corrected chi connectivity index (χ3v) is 5.74. The highest BCUT2D eigenvalue weighted by Gasteiger charge is 2.30. The number of carbonyl (C=O) groups excluding carboxylic acids is 1. The van der Waals surface area contributed by atoms with Gasteiger partial charge in [-0.1, -0.05) is 17.3 Å². The molecule has 1 amide bonds. The van der Waals surface area contributed by atoms with Crippen molar-refractivity contribution in [1.29, 1.82) is 0 Å². The van der Waals surface area contributed by atoms with Crippen LogP contribution in [0.3, 0.4) is 0 Å². The summed E-state index contributed by atoms with van der Waals surface area (Å²) in [4.78, 5) is 14.1. The Bertz CT molecular complexity index is 818. The zero-order chi connectivity index (χ0) is 17.2. The number of nitrogen functional groups attached to an aromatic ring is 1. The van der Waals surface area contributed by atoms with E-state index in [1.807, 2.05) is 0 Å². The van der Waals surface area contributed by atoms with Gasteiger partial charge in [0.15, 0.2) is 0 Å². The van der Waals surface area contributed by atoms with Gasteiger partial charge in [0.1, 0.15) is 12.0 Å². The molecule has 1 aliphatic rings. The van der Waals surface area contributed by atoms with Crippen LogP contribution in [-0.4, -0.2) is 54.9 Å². The van der Waals surface area contributed by atoms with Crippen molar-refractivity contribution in [1.82, 2.24) is 14.4 Å². The standard InChI is InChI=1S/C15H18N4O4S.ClH/c16-14-4-2-1-3-13(14)15(20)18-6-8-19(9-7-18)24(21,22)11-12-5-10-23-17-12;/h1-5,10H,6-9,11,16H2;1H. The van der Waals surface area contributed by atoms with Crippen molar-refractivity contribution in [3.63, 3.8) is 0 Å². The molecule has 136 valence electrons. The van der Waals surface area contributed by atoms with Gasteiger partial charge in [0.05, 0.1) is 11.3 Å². The molecule has 3 rings (SSSR count). The predicted molar refractivity (Wildman–Crippen MR) is 94.7 cm³/mol. The highest BCUT2D eigenvalue weighted by Crippen LogP contribution is 2.17. The molecule has 0 spiro atoms. The van der Waals surface area contributed by atoms with Crippen LogP contribution in [0.4, 0.5) is 5.69 Å². The maximum atomic E-state index is 12.5. The topological polar surface area (TPSA) is 110 Å². The molecule has 2 heterocycles. The van der Waals surface area contributed by atoms with Crippen molar-refractivity contribution in [2.24, 2.45) is 0 Å². The lowest BCUT2D eigenvalue weighted by Crippen LogP contribution is -2.50. The summed E-state index contributed by atoms with van der Waals surface area (Å²) in [5, 5.41) is 3.63. The molecule has 2 aromatic rings. The minimum absolute atomic E-state index is 0. The van der Waals surface area contributed by atoms with Gasteiger partial charge in [-0.2, -0.15) is 4.31 Å². The minimum Gasteiger partial charge on any atom is -0.398 e. The zero-order valence-corrected chi connectivity index (χ0v) is 15.0. The first-order valence-electron chi connectivity index (χ1n) is 7.48. The molecule has 25 heavy (non-hydrogen) atoms. The van der Waals surface area contributed by atoms with E-state index in [2.05, 4.69) is 9.68 Å². The molecule has 0 unspecified atom stereocenters. The summed E-state index contributed by atoms with van der Waals surface area (Å²) in [5.74, 6) is -0.384. The normalized spacial score (nSPS) is 15.6. The fourth-order valence-corrected chi connectivity index (χ4v) is 4.05. The van der Waals surface area contributed by atoms with Crippen LogP contribution < -0.4 is 5.73 Å². The van der Waals surface area contributed by atoms with Crippen LogP contribution in [0, 0.1) is 0 Å².